The number of hydrogen-bond acceptors (Lipinski definition) is 8. The first-order chi connectivity index (χ1) is 14.9. The van der Waals surface area contributed by atoms with Gasteiger partial charge in [0.25, 0.3) is 0 Å². The van der Waals surface area contributed by atoms with E-state index in [-0.39, 0.29) is 5.69 Å². The number of nitrogens with zero attached hydrogens (tertiary/aromatic N) is 4. The summed E-state index contributed by atoms with van der Waals surface area (Å²) in [4.78, 5) is 13.2. The number of nitrogen functional groups attached to an aromatic ring is 2. The van der Waals surface area contributed by atoms with Gasteiger partial charge in [0.15, 0.2) is 5.82 Å². The summed E-state index contributed by atoms with van der Waals surface area (Å²) in [7, 11) is 2.02. The Kier molecular flexibility index (Phi) is 4.55. The van der Waals surface area contributed by atoms with Crippen molar-refractivity contribution >= 4 is 51.4 Å². The molecule has 0 spiro atoms. The summed E-state index contributed by atoms with van der Waals surface area (Å²) in [6, 6.07) is 7.53. The molecule has 7 nitrogen and oxygen atoms in total. The van der Waals surface area contributed by atoms with Gasteiger partial charge in [-0.1, -0.05) is 0 Å². The number of rotatable bonds is 3. The molecule has 0 saturated carbocycles. The summed E-state index contributed by atoms with van der Waals surface area (Å²) in [5.41, 5.74) is 16.5. The standard InChI is InChI=1S/C22H20FN7S/c1-11-14(7-26-9-16(11)24)13-5-12-6-20(27-8-15(12)22(25)21(13)23)29-19-4-3-18-17(28-19)10-31-30(18)2/h3-9H,10,24-25H2,1-2H3,(H,27,28,29). The number of aromatic nitrogens is 3. The highest BCUT2D eigenvalue weighted by molar-refractivity contribution is 8.00. The van der Waals surface area contributed by atoms with Crippen LogP contribution in [-0.4, -0.2) is 22.0 Å². The van der Waals surface area contributed by atoms with Crippen LogP contribution in [-0.2, 0) is 5.75 Å². The van der Waals surface area contributed by atoms with Crippen molar-refractivity contribution in [2.75, 3.05) is 28.1 Å². The largest absolute Gasteiger partial charge is 0.397 e. The lowest BCUT2D eigenvalue weighted by Crippen LogP contribution is -2.03. The van der Waals surface area contributed by atoms with E-state index in [2.05, 4.69) is 24.6 Å². The van der Waals surface area contributed by atoms with Crippen LogP contribution in [0.1, 0.15) is 11.3 Å². The number of benzene rings is 1. The first kappa shape index (κ1) is 19.4. The second-order valence-corrected chi connectivity index (χ2v) is 8.50. The van der Waals surface area contributed by atoms with Crippen molar-refractivity contribution in [1.82, 2.24) is 15.0 Å². The van der Waals surface area contributed by atoms with Gasteiger partial charge in [-0.25, -0.2) is 14.4 Å². The van der Waals surface area contributed by atoms with E-state index in [4.69, 9.17) is 11.5 Å². The maximum atomic E-state index is 15.1. The van der Waals surface area contributed by atoms with Crippen LogP contribution in [0.25, 0.3) is 21.9 Å². The lowest BCUT2D eigenvalue weighted by molar-refractivity contribution is 0.637. The summed E-state index contributed by atoms with van der Waals surface area (Å²) >= 11 is 1.71. The Morgan fingerprint density at radius 3 is 2.77 bits per heavy atom. The van der Waals surface area contributed by atoms with Gasteiger partial charge < -0.3 is 21.1 Å². The van der Waals surface area contributed by atoms with Gasteiger partial charge in [0.2, 0.25) is 0 Å². The highest BCUT2D eigenvalue weighted by Crippen LogP contribution is 2.37. The molecule has 156 valence electrons. The summed E-state index contributed by atoms with van der Waals surface area (Å²) < 4.78 is 17.2. The summed E-state index contributed by atoms with van der Waals surface area (Å²) in [6.07, 6.45) is 4.72. The van der Waals surface area contributed by atoms with Gasteiger partial charge >= 0.3 is 0 Å². The zero-order valence-corrected chi connectivity index (χ0v) is 17.8. The number of nitrogens with one attached hydrogen (secondary N) is 1. The van der Waals surface area contributed by atoms with Gasteiger partial charge in [-0.05, 0) is 54.1 Å². The smallest absolute Gasteiger partial charge is 0.154 e. The molecule has 31 heavy (non-hydrogen) atoms. The van der Waals surface area contributed by atoms with Crippen molar-refractivity contribution in [3.05, 3.63) is 59.9 Å². The third kappa shape index (κ3) is 3.27. The molecule has 0 unspecified atom stereocenters. The topological polar surface area (TPSA) is 106 Å². The van der Waals surface area contributed by atoms with Gasteiger partial charge in [-0.3, -0.25) is 4.98 Å². The first-order valence-corrected chi connectivity index (χ1v) is 10.6. The van der Waals surface area contributed by atoms with Crippen LogP contribution in [0.2, 0.25) is 0 Å². The minimum atomic E-state index is -0.507. The summed E-state index contributed by atoms with van der Waals surface area (Å²) in [6.45, 7) is 1.83. The molecule has 3 aromatic heterocycles. The SMILES string of the molecule is Cc1c(N)cncc1-c1cc2cc(Nc3ccc4c(n3)CSN4C)ncc2c(N)c1F. The van der Waals surface area contributed by atoms with Crippen molar-refractivity contribution < 1.29 is 4.39 Å². The quantitative estimate of drug-likeness (QED) is 0.317. The number of nitrogens with two attached hydrogens (primary N) is 2. The van der Waals surface area contributed by atoms with Gasteiger partial charge in [0.1, 0.15) is 11.6 Å². The lowest BCUT2D eigenvalue weighted by atomic mass is 9.97. The van der Waals surface area contributed by atoms with Crippen LogP contribution in [0.3, 0.4) is 0 Å². The van der Waals surface area contributed by atoms with Crippen LogP contribution < -0.4 is 21.1 Å². The second kappa shape index (κ2) is 7.28. The Labute approximate surface area is 182 Å². The molecule has 0 saturated heterocycles. The molecule has 0 aliphatic carbocycles. The Balaban J connectivity index is 1.56. The van der Waals surface area contributed by atoms with E-state index >= 15 is 4.39 Å². The zero-order valence-electron chi connectivity index (χ0n) is 17.0. The fourth-order valence-corrected chi connectivity index (χ4v) is 4.52. The number of halogens is 1. The van der Waals surface area contributed by atoms with E-state index < -0.39 is 5.82 Å². The molecule has 4 heterocycles. The van der Waals surface area contributed by atoms with Crippen LogP contribution >= 0.6 is 11.9 Å². The lowest BCUT2D eigenvalue weighted by Gasteiger charge is -2.14. The molecule has 9 heteroatoms. The van der Waals surface area contributed by atoms with Crippen LogP contribution in [0.15, 0.2) is 42.9 Å². The van der Waals surface area contributed by atoms with Crippen molar-refractivity contribution in [2.24, 2.45) is 0 Å². The predicted molar refractivity (Wildman–Crippen MR) is 126 cm³/mol. The number of anilines is 5. The van der Waals surface area contributed by atoms with Crippen molar-refractivity contribution in [3.8, 4) is 11.1 Å². The highest BCUT2D eigenvalue weighted by atomic mass is 32.2. The molecular weight excluding hydrogens is 413 g/mol. The van der Waals surface area contributed by atoms with E-state index in [1.165, 1.54) is 0 Å². The first-order valence-electron chi connectivity index (χ1n) is 9.64. The molecule has 0 bridgehead atoms. The third-order valence-corrected chi connectivity index (χ3v) is 6.47. The average Bonchev–Trinajstić information content (AvgIpc) is 3.13. The van der Waals surface area contributed by atoms with Crippen molar-refractivity contribution in [2.45, 2.75) is 12.7 Å². The van der Waals surface area contributed by atoms with Crippen LogP contribution in [0, 0.1) is 12.7 Å². The molecule has 0 fully saturated rings. The van der Waals surface area contributed by atoms with Gasteiger partial charge in [0.05, 0.1) is 34.7 Å². The maximum absolute atomic E-state index is 15.1. The van der Waals surface area contributed by atoms with Gasteiger partial charge in [-0.15, -0.1) is 0 Å². The third-order valence-electron chi connectivity index (χ3n) is 5.48. The predicted octanol–water partition coefficient (Wildman–Crippen LogP) is 4.65. The van der Waals surface area contributed by atoms with E-state index in [1.807, 2.05) is 32.2 Å². The minimum absolute atomic E-state index is 0.0455. The van der Waals surface area contributed by atoms with Crippen molar-refractivity contribution in [3.63, 3.8) is 0 Å². The number of pyridine rings is 3. The molecular formula is C22H20FN7S. The number of hydrogen-bond donors (Lipinski definition) is 3. The van der Waals surface area contributed by atoms with Crippen molar-refractivity contribution in [1.29, 1.82) is 0 Å². The van der Waals surface area contributed by atoms with E-state index in [0.29, 0.717) is 33.8 Å². The van der Waals surface area contributed by atoms with Gasteiger partial charge in [-0.2, -0.15) is 0 Å². The average molecular weight is 434 g/mol. The Morgan fingerprint density at radius 1 is 1.10 bits per heavy atom. The maximum Gasteiger partial charge on any atom is 0.154 e. The molecule has 1 aliphatic rings. The van der Waals surface area contributed by atoms with Crippen LogP contribution in [0.4, 0.5) is 33.1 Å². The summed E-state index contributed by atoms with van der Waals surface area (Å²) in [5, 5.41) is 4.53. The summed E-state index contributed by atoms with van der Waals surface area (Å²) in [5.74, 6) is 1.62. The Hall–Kier alpha value is -3.59. The van der Waals surface area contributed by atoms with Crippen LogP contribution in [0.5, 0.6) is 0 Å². The highest BCUT2D eigenvalue weighted by Gasteiger charge is 2.19. The monoisotopic (exact) mass is 433 g/mol. The normalized spacial score (nSPS) is 12.9. The fraction of sp³-hybridized carbons (Fsp3) is 0.136. The Bertz CT molecular complexity index is 1340. The molecule has 0 atom stereocenters. The Morgan fingerprint density at radius 2 is 1.94 bits per heavy atom. The molecule has 0 amide bonds. The second-order valence-electron chi connectivity index (χ2n) is 7.40. The van der Waals surface area contributed by atoms with E-state index in [0.717, 1.165) is 28.1 Å². The molecule has 0 radical (unpaired) electrons. The zero-order chi connectivity index (χ0) is 21.7. The van der Waals surface area contributed by atoms with E-state index in [9.17, 15) is 0 Å². The minimum Gasteiger partial charge on any atom is -0.397 e. The molecule has 5 N–H and O–H groups in total. The molecule has 4 aromatic rings. The van der Waals surface area contributed by atoms with Gasteiger partial charge in [0, 0.05) is 36.0 Å². The number of fused-ring (bicyclic) bond motifs is 2. The van der Waals surface area contributed by atoms with E-state index in [1.54, 1.807) is 36.6 Å². The molecule has 1 aliphatic heterocycles. The fourth-order valence-electron chi connectivity index (χ4n) is 3.69. The molecule has 5 rings (SSSR count). The molecule has 1 aromatic carbocycles.